The van der Waals surface area contributed by atoms with Gasteiger partial charge in [0.1, 0.15) is 0 Å². The zero-order chi connectivity index (χ0) is 13.7. The first-order valence-corrected chi connectivity index (χ1v) is 8.07. The Morgan fingerprint density at radius 2 is 1.90 bits per heavy atom. The maximum atomic E-state index is 6.50. The van der Waals surface area contributed by atoms with Gasteiger partial charge in [-0.15, -0.1) is 0 Å². The van der Waals surface area contributed by atoms with Crippen molar-refractivity contribution in [3.8, 4) is 0 Å². The van der Waals surface area contributed by atoms with Gasteiger partial charge in [0.15, 0.2) is 0 Å². The van der Waals surface area contributed by atoms with Crippen LogP contribution in [-0.4, -0.2) is 22.4 Å². The van der Waals surface area contributed by atoms with E-state index < -0.39 is 0 Å². The topological polar surface area (TPSA) is 53.1 Å². The SMILES string of the molecule is Cn1cc(C(CN)OC2C3CC4CC(C3)CC2C4)cn1. The van der Waals surface area contributed by atoms with Gasteiger partial charge >= 0.3 is 0 Å². The normalized spacial score (nSPS) is 40.2. The minimum Gasteiger partial charge on any atom is -0.368 e. The van der Waals surface area contributed by atoms with Crippen LogP contribution < -0.4 is 5.73 Å². The number of aryl methyl sites for hydroxylation is 1. The molecule has 4 saturated carbocycles. The largest absolute Gasteiger partial charge is 0.368 e. The molecule has 4 aliphatic rings. The van der Waals surface area contributed by atoms with Gasteiger partial charge < -0.3 is 10.5 Å². The Kier molecular flexibility index (Phi) is 3.11. The molecule has 4 nitrogen and oxygen atoms in total. The molecule has 5 rings (SSSR count). The summed E-state index contributed by atoms with van der Waals surface area (Å²) in [4.78, 5) is 0. The maximum absolute atomic E-state index is 6.50. The molecule has 1 atom stereocenters. The summed E-state index contributed by atoms with van der Waals surface area (Å²) in [6.07, 6.45) is 11.4. The van der Waals surface area contributed by atoms with Crippen LogP contribution in [0.5, 0.6) is 0 Å². The lowest BCUT2D eigenvalue weighted by atomic mass is 9.55. The second-order valence-corrected chi connectivity index (χ2v) is 7.20. The fraction of sp³-hybridized carbons (Fsp3) is 0.812. The van der Waals surface area contributed by atoms with Crippen molar-refractivity contribution in [2.75, 3.05) is 6.54 Å². The highest BCUT2D eigenvalue weighted by molar-refractivity contribution is 5.09. The zero-order valence-corrected chi connectivity index (χ0v) is 12.2. The Morgan fingerprint density at radius 1 is 1.25 bits per heavy atom. The number of nitrogens with two attached hydrogens (primary N) is 1. The highest BCUT2D eigenvalue weighted by Gasteiger charge is 2.49. The first kappa shape index (κ1) is 12.8. The third kappa shape index (κ3) is 2.09. The Bertz CT molecular complexity index is 456. The molecule has 0 saturated heterocycles. The molecule has 4 bridgehead atoms. The van der Waals surface area contributed by atoms with Crippen LogP contribution in [0.1, 0.15) is 43.8 Å². The smallest absolute Gasteiger partial charge is 0.0981 e. The molecular formula is C16H25N3O. The van der Waals surface area contributed by atoms with Crippen molar-refractivity contribution < 1.29 is 4.74 Å². The van der Waals surface area contributed by atoms with Gasteiger partial charge in [-0.2, -0.15) is 5.10 Å². The quantitative estimate of drug-likeness (QED) is 0.917. The van der Waals surface area contributed by atoms with Gasteiger partial charge in [0.2, 0.25) is 0 Å². The average molecular weight is 275 g/mol. The monoisotopic (exact) mass is 275 g/mol. The summed E-state index contributed by atoms with van der Waals surface area (Å²) in [6, 6.07) is 0. The lowest BCUT2D eigenvalue weighted by Gasteiger charge is -2.54. The van der Waals surface area contributed by atoms with Crippen molar-refractivity contribution in [2.24, 2.45) is 36.5 Å². The van der Waals surface area contributed by atoms with Gasteiger partial charge in [-0.25, -0.2) is 0 Å². The number of hydrogen-bond donors (Lipinski definition) is 1. The van der Waals surface area contributed by atoms with E-state index in [2.05, 4.69) is 5.10 Å². The number of nitrogens with zero attached hydrogens (tertiary/aromatic N) is 2. The minimum absolute atomic E-state index is 0.0197. The summed E-state index contributed by atoms with van der Waals surface area (Å²) in [5.74, 6) is 3.56. The molecule has 2 N–H and O–H groups in total. The molecule has 4 heteroatoms. The molecule has 0 radical (unpaired) electrons. The van der Waals surface area contributed by atoms with Crippen LogP contribution in [0.4, 0.5) is 0 Å². The van der Waals surface area contributed by atoms with Crippen molar-refractivity contribution in [1.82, 2.24) is 9.78 Å². The molecule has 0 spiro atoms. The van der Waals surface area contributed by atoms with E-state index >= 15 is 0 Å². The van der Waals surface area contributed by atoms with E-state index in [0.29, 0.717) is 12.6 Å². The van der Waals surface area contributed by atoms with Crippen molar-refractivity contribution >= 4 is 0 Å². The van der Waals surface area contributed by atoms with Crippen molar-refractivity contribution in [3.05, 3.63) is 18.0 Å². The Balaban J connectivity index is 1.50. The van der Waals surface area contributed by atoms with Crippen LogP contribution in [0, 0.1) is 23.7 Å². The Hall–Kier alpha value is -0.870. The van der Waals surface area contributed by atoms with Crippen LogP contribution in [0.3, 0.4) is 0 Å². The second-order valence-electron chi connectivity index (χ2n) is 7.20. The average Bonchev–Trinajstić information content (AvgIpc) is 2.84. The highest BCUT2D eigenvalue weighted by atomic mass is 16.5. The minimum atomic E-state index is 0.0197. The van der Waals surface area contributed by atoms with Gasteiger partial charge in [-0.3, -0.25) is 4.68 Å². The van der Waals surface area contributed by atoms with E-state index in [1.807, 2.05) is 24.1 Å². The molecule has 1 aromatic rings. The van der Waals surface area contributed by atoms with E-state index in [4.69, 9.17) is 10.5 Å². The van der Waals surface area contributed by atoms with Crippen molar-refractivity contribution in [1.29, 1.82) is 0 Å². The van der Waals surface area contributed by atoms with E-state index in [9.17, 15) is 0 Å². The lowest BCUT2D eigenvalue weighted by molar-refractivity contribution is -0.150. The van der Waals surface area contributed by atoms with Crippen LogP contribution in [0.15, 0.2) is 12.4 Å². The van der Waals surface area contributed by atoms with E-state index in [1.165, 1.54) is 32.1 Å². The van der Waals surface area contributed by atoms with Gasteiger partial charge in [-0.05, 0) is 55.8 Å². The molecule has 1 unspecified atom stereocenters. The van der Waals surface area contributed by atoms with Gasteiger partial charge in [-0.1, -0.05) is 0 Å². The summed E-state index contributed by atoms with van der Waals surface area (Å²) in [7, 11) is 1.94. The van der Waals surface area contributed by atoms with Crippen molar-refractivity contribution in [2.45, 2.75) is 44.3 Å². The summed E-state index contributed by atoms with van der Waals surface area (Å²) in [5.41, 5.74) is 7.08. The molecule has 1 heterocycles. The predicted molar refractivity (Wildman–Crippen MR) is 76.9 cm³/mol. The number of rotatable bonds is 4. The van der Waals surface area contributed by atoms with Crippen molar-refractivity contribution in [3.63, 3.8) is 0 Å². The molecule has 4 aliphatic carbocycles. The molecule has 0 amide bonds. The fourth-order valence-electron chi connectivity index (χ4n) is 5.16. The fourth-order valence-corrected chi connectivity index (χ4v) is 5.16. The van der Waals surface area contributed by atoms with Gasteiger partial charge in [0.05, 0.1) is 18.4 Å². The second kappa shape index (κ2) is 4.85. The van der Waals surface area contributed by atoms with Crippen LogP contribution in [-0.2, 0) is 11.8 Å². The van der Waals surface area contributed by atoms with Gasteiger partial charge in [0.25, 0.3) is 0 Å². The van der Waals surface area contributed by atoms with Crippen LogP contribution in [0.25, 0.3) is 0 Å². The lowest BCUT2D eigenvalue weighted by Crippen LogP contribution is -2.50. The predicted octanol–water partition coefficient (Wildman–Crippen LogP) is 2.26. The van der Waals surface area contributed by atoms with Crippen LogP contribution >= 0.6 is 0 Å². The maximum Gasteiger partial charge on any atom is 0.0981 e. The van der Waals surface area contributed by atoms with E-state index in [1.54, 1.807) is 0 Å². The summed E-state index contributed by atoms with van der Waals surface area (Å²) in [6.45, 7) is 0.550. The highest BCUT2D eigenvalue weighted by Crippen LogP contribution is 2.55. The first-order chi connectivity index (χ1) is 9.72. The van der Waals surface area contributed by atoms with Gasteiger partial charge in [0, 0.05) is 25.4 Å². The molecule has 4 fully saturated rings. The summed E-state index contributed by atoms with van der Waals surface area (Å²) in [5, 5.41) is 4.25. The molecule has 110 valence electrons. The Morgan fingerprint density at radius 3 is 2.40 bits per heavy atom. The molecule has 0 aliphatic heterocycles. The number of hydrogen-bond acceptors (Lipinski definition) is 3. The zero-order valence-electron chi connectivity index (χ0n) is 12.2. The first-order valence-electron chi connectivity index (χ1n) is 8.07. The third-order valence-electron chi connectivity index (χ3n) is 5.77. The third-order valence-corrected chi connectivity index (χ3v) is 5.77. The van der Waals surface area contributed by atoms with E-state index in [-0.39, 0.29) is 6.10 Å². The summed E-state index contributed by atoms with van der Waals surface area (Å²) < 4.78 is 8.33. The number of aromatic nitrogens is 2. The summed E-state index contributed by atoms with van der Waals surface area (Å²) >= 11 is 0. The Labute approximate surface area is 120 Å². The molecule has 1 aromatic heterocycles. The van der Waals surface area contributed by atoms with E-state index in [0.717, 1.165) is 29.2 Å². The molecular weight excluding hydrogens is 250 g/mol. The standard InChI is InChI=1S/C16H25N3O/c1-19-9-14(8-18-19)15(7-17)20-16-12-3-10-2-11(5-12)6-13(16)4-10/h8-13,15-16H,2-7,17H2,1H3. The number of ether oxygens (including phenoxy) is 1. The molecule has 20 heavy (non-hydrogen) atoms. The van der Waals surface area contributed by atoms with Crippen LogP contribution in [0.2, 0.25) is 0 Å². The molecule has 0 aromatic carbocycles.